The zero-order chi connectivity index (χ0) is 12.0. The van der Waals surface area contributed by atoms with Crippen molar-refractivity contribution in [3.63, 3.8) is 0 Å². The van der Waals surface area contributed by atoms with Gasteiger partial charge in [-0.05, 0) is 29.7 Å². The van der Waals surface area contributed by atoms with Gasteiger partial charge in [-0.2, -0.15) is 0 Å². The minimum absolute atomic E-state index is 0.0305. The molecule has 0 bridgehead atoms. The lowest BCUT2D eigenvalue weighted by atomic mass is 10.1. The molecule has 0 fully saturated rings. The second-order valence-corrected chi connectivity index (χ2v) is 4.76. The highest BCUT2D eigenvalue weighted by Gasteiger charge is 2.06. The molecule has 1 N–H and O–H groups in total. The molecule has 1 aromatic carbocycles. The summed E-state index contributed by atoms with van der Waals surface area (Å²) in [7, 11) is 0. The molecule has 0 saturated heterocycles. The SMILES string of the molecule is CCC(CC)COc1ccc(Br)c(CO)c1. The van der Waals surface area contributed by atoms with Gasteiger partial charge in [-0.15, -0.1) is 0 Å². The van der Waals surface area contributed by atoms with Crippen molar-refractivity contribution in [2.45, 2.75) is 33.3 Å². The average molecular weight is 287 g/mol. The zero-order valence-corrected chi connectivity index (χ0v) is 11.5. The Morgan fingerprint density at radius 1 is 1.31 bits per heavy atom. The predicted molar refractivity (Wildman–Crippen MR) is 69.6 cm³/mol. The van der Waals surface area contributed by atoms with E-state index in [0.717, 1.165) is 35.2 Å². The maximum Gasteiger partial charge on any atom is 0.119 e. The second kappa shape index (κ2) is 6.92. The maximum absolute atomic E-state index is 9.13. The summed E-state index contributed by atoms with van der Waals surface area (Å²) in [6.45, 7) is 5.14. The first-order valence-corrected chi connectivity index (χ1v) is 6.52. The van der Waals surface area contributed by atoms with E-state index in [1.807, 2.05) is 18.2 Å². The van der Waals surface area contributed by atoms with Crippen LogP contribution in [0.25, 0.3) is 0 Å². The van der Waals surface area contributed by atoms with Gasteiger partial charge in [0.2, 0.25) is 0 Å². The van der Waals surface area contributed by atoms with Crippen LogP contribution in [0.2, 0.25) is 0 Å². The van der Waals surface area contributed by atoms with Crippen molar-refractivity contribution in [2.75, 3.05) is 6.61 Å². The summed E-state index contributed by atoms with van der Waals surface area (Å²) in [4.78, 5) is 0. The van der Waals surface area contributed by atoms with Crippen LogP contribution in [-0.2, 0) is 6.61 Å². The fourth-order valence-electron chi connectivity index (χ4n) is 1.50. The van der Waals surface area contributed by atoms with Crippen LogP contribution in [0.1, 0.15) is 32.3 Å². The maximum atomic E-state index is 9.13. The molecular weight excluding hydrogens is 268 g/mol. The predicted octanol–water partition coefficient (Wildman–Crippen LogP) is 3.76. The van der Waals surface area contributed by atoms with Gasteiger partial charge < -0.3 is 9.84 Å². The summed E-state index contributed by atoms with van der Waals surface area (Å²) in [6.07, 6.45) is 2.28. The number of aliphatic hydroxyl groups excluding tert-OH is 1. The van der Waals surface area contributed by atoms with E-state index in [0.29, 0.717) is 5.92 Å². The van der Waals surface area contributed by atoms with Crippen molar-refractivity contribution in [3.05, 3.63) is 28.2 Å². The Balaban J connectivity index is 2.60. The van der Waals surface area contributed by atoms with Crippen molar-refractivity contribution < 1.29 is 9.84 Å². The number of halogens is 1. The summed E-state index contributed by atoms with van der Waals surface area (Å²) in [6, 6.07) is 5.71. The third-order valence-electron chi connectivity index (χ3n) is 2.83. The number of hydrogen-bond donors (Lipinski definition) is 1. The average Bonchev–Trinajstić information content (AvgIpc) is 2.32. The fourth-order valence-corrected chi connectivity index (χ4v) is 1.87. The Morgan fingerprint density at radius 2 is 2.00 bits per heavy atom. The van der Waals surface area contributed by atoms with Crippen molar-refractivity contribution in [3.8, 4) is 5.75 Å². The zero-order valence-electron chi connectivity index (χ0n) is 9.87. The lowest BCUT2D eigenvalue weighted by Crippen LogP contribution is -2.10. The minimum atomic E-state index is 0.0305. The summed E-state index contributed by atoms with van der Waals surface area (Å²) < 4.78 is 6.64. The number of ether oxygens (including phenoxy) is 1. The molecular formula is C13H19BrO2. The number of rotatable bonds is 6. The smallest absolute Gasteiger partial charge is 0.119 e. The van der Waals surface area contributed by atoms with Crippen LogP contribution in [0.5, 0.6) is 5.75 Å². The van der Waals surface area contributed by atoms with Crippen LogP contribution in [0.4, 0.5) is 0 Å². The third-order valence-corrected chi connectivity index (χ3v) is 3.60. The van der Waals surface area contributed by atoms with Crippen LogP contribution in [0, 0.1) is 5.92 Å². The Labute approximate surface area is 106 Å². The van der Waals surface area contributed by atoms with Gasteiger partial charge in [-0.1, -0.05) is 42.6 Å². The van der Waals surface area contributed by atoms with Gasteiger partial charge in [0.1, 0.15) is 5.75 Å². The van der Waals surface area contributed by atoms with Gasteiger partial charge in [0.15, 0.2) is 0 Å². The van der Waals surface area contributed by atoms with E-state index in [4.69, 9.17) is 9.84 Å². The van der Waals surface area contributed by atoms with E-state index in [-0.39, 0.29) is 6.61 Å². The fraction of sp³-hybridized carbons (Fsp3) is 0.538. The monoisotopic (exact) mass is 286 g/mol. The summed E-state index contributed by atoms with van der Waals surface area (Å²) in [5, 5.41) is 9.13. The lowest BCUT2D eigenvalue weighted by molar-refractivity contribution is 0.239. The van der Waals surface area contributed by atoms with Gasteiger partial charge in [0.05, 0.1) is 13.2 Å². The molecule has 0 unspecified atom stereocenters. The number of benzene rings is 1. The second-order valence-electron chi connectivity index (χ2n) is 3.90. The summed E-state index contributed by atoms with van der Waals surface area (Å²) in [5.41, 5.74) is 0.863. The molecule has 16 heavy (non-hydrogen) atoms. The van der Waals surface area contributed by atoms with E-state index in [1.165, 1.54) is 0 Å². The Morgan fingerprint density at radius 3 is 2.56 bits per heavy atom. The van der Waals surface area contributed by atoms with Crippen LogP contribution < -0.4 is 4.74 Å². The highest BCUT2D eigenvalue weighted by molar-refractivity contribution is 9.10. The lowest BCUT2D eigenvalue weighted by Gasteiger charge is -2.14. The molecule has 0 aliphatic heterocycles. The molecule has 2 nitrogen and oxygen atoms in total. The standard InChI is InChI=1S/C13H19BrO2/c1-3-10(4-2)9-16-12-5-6-13(14)11(7-12)8-15/h5-7,10,15H,3-4,8-9H2,1-2H3. The van der Waals surface area contributed by atoms with E-state index >= 15 is 0 Å². The van der Waals surface area contributed by atoms with E-state index < -0.39 is 0 Å². The Kier molecular flexibility index (Phi) is 5.85. The first-order chi connectivity index (χ1) is 7.71. The van der Waals surface area contributed by atoms with Crippen molar-refractivity contribution >= 4 is 15.9 Å². The Hall–Kier alpha value is -0.540. The van der Waals surface area contributed by atoms with Gasteiger partial charge in [-0.25, -0.2) is 0 Å². The highest BCUT2D eigenvalue weighted by atomic mass is 79.9. The van der Waals surface area contributed by atoms with E-state index in [2.05, 4.69) is 29.8 Å². The molecule has 0 aliphatic carbocycles. The van der Waals surface area contributed by atoms with Gasteiger partial charge in [-0.3, -0.25) is 0 Å². The molecule has 0 amide bonds. The van der Waals surface area contributed by atoms with Crippen LogP contribution in [0.15, 0.2) is 22.7 Å². The number of aliphatic hydroxyl groups is 1. The quantitative estimate of drug-likeness (QED) is 0.863. The Bertz CT molecular complexity index is 322. The first kappa shape index (κ1) is 13.5. The summed E-state index contributed by atoms with van der Waals surface area (Å²) >= 11 is 3.38. The minimum Gasteiger partial charge on any atom is -0.493 e. The summed E-state index contributed by atoms with van der Waals surface area (Å²) in [5.74, 6) is 1.44. The first-order valence-electron chi connectivity index (χ1n) is 5.73. The molecule has 0 saturated carbocycles. The molecule has 0 heterocycles. The number of hydrogen-bond acceptors (Lipinski definition) is 2. The van der Waals surface area contributed by atoms with Crippen molar-refractivity contribution in [1.82, 2.24) is 0 Å². The third kappa shape index (κ3) is 3.80. The van der Waals surface area contributed by atoms with Crippen molar-refractivity contribution in [2.24, 2.45) is 5.92 Å². The van der Waals surface area contributed by atoms with Crippen molar-refractivity contribution in [1.29, 1.82) is 0 Å². The van der Waals surface area contributed by atoms with Crippen LogP contribution in [-0.4, -0.2) is 11.7 Å². The van der Waals surface area contributed by atoms with Gasteiger partial charge in [0.25, 0.3) is 0 Å². The highest BCUT2D eigenvalue weighted by Crippen LogP contribution is 2.23. The molecule has 0 aromatic heterocycles. The molecule has 90 valence electrons. The van der Waals surface area contributed by atoms with Crippen LogP contribution in [0.3, 0.4) is 0 Å². The molecule has 0 aliphatic rings. The molecule has 1 rings (SSSR count). The molecule has 1 aromatic rings. The van der Waals surface area contributed by atoms with E-state index in [9.17, 15) is 0 Å². The molecule has 0 spiro atoms. The molecule has 0 radical (unpaired) electrons. The van der Waals surface area contributed by atoms with Gasteiger partial charge in [0, 0.05) is 4.47 Å². The molecule has 3 heteroatoms. The van der Waals surface area contributed by atoms with E-state index in [1.54, 1.807) is 0 Å². The van der Waals surface area contributed by atoms with Crippen LogP contribution >= 0.6 is 15.9 Å². The topological polar surface area (TPSA) is 29.5 Å². The largest absolute Gasteiger partial charge is 0.493 e. The van der Waals surface area contributed by atoms with Gasteiger partial charge >= 0.3 is 0 Å². The molecule has 0 atom stereocenters. The normalized spacial score (nSPS) is 10.8.